The minimum atomic E-state index is -0.305. The number of benzene rings is 1. The van der Waals surface area contributed by atoms with Crippen molar-refractivity contribution in [3.8, 4) is 11.3 Å². The smallest absolute Gasteiger partial charge is 0.246 e. The van der Waals surface area contributed by atoms with Crippen LogP contribution in [-0.2, 0) is 9.59 Å². The number of carbonyl (C=O) groups is 2. The van der Waals surface area contributed by atoms with E-state index in [-0.39, 0.29) is 24.9 Å². The summed E-state index contributed by atoms with van der Waals surface area (Å²) in [6.07, 6.45) is 0. The first-order chi connectivity index (χ1) is 9.63. The van der Waals surface area contributed by atoms with E-state index in [1.54, 1.807) is 11.0 Å². The Labute approximate surface area is 114 Å². The highest BCUT2D eigenvalue weighted by molar-refractivity contribution is 6.03. The summed E-state index contributed by atoms with van der Waals surface area (Å²) in [6, 6.07) is 9.19. The average molecular weight is 271 g/mol. The number of para-hydroxylation sites is 1. The van der Waals surface area contributed by atoms with Gasteiger partial charge in [0.25, 0.3) is 0 Å². The molecule has 0 atom stereocenters. The van der Waals surface area contributed by atoms with Gasteiger partial charge in [-0.25, -0.2) is 0 Å². The van der Waals surface area contributed by atoms with E-state index in [1.165, 1.54) is 0 Å². The Morgan fingerprint density at radius 2 is 1.85 bits per heavy atom. The Morgan fingerprint density at radius 3 is 2.50 bits per heavy atom. The zero-order chi connectivity index (χ0) is 14.1. The van der Waals surface area contributed by atoms with Gasteiger partial charge in [-0.1, -0.05) is 18.2 Å². The number of hydrogen-bond donors (Lipinski definition) is 3. The van der Waals surface area contributed by atoms with Crippen molar-refractivity contribution < 1.29 is 9.59 Å². The van der Waals surface area contributed by atoms with Crippen molar-refractivity contribution in [3.63, 3.8) is 0 Å². The third kappa shape index (κ3) is 2.20. The molecule has 0 aliphatic carbocycles. The first-order valence-corrected chi connectivity index (χ1v) is 6.11. The first kappa shape index (κ1) is 12.2. The second kappa shape index (κ2) is 4.69. The lowest BCUT2D eigenvalue weighted by Crippen LogP contribution is -2.51. The van der Waals surface area contributed by atoms with Gasteiger partial charge >= 0.3 is 0 Å². The second-order valence-corrected chi connectivity index (χ2v) is 4.55. The summed E-state index contributed by atoms with van der Waals surface area (Å²) >= 11 is 0. The van der Waals surface area contributed by atoms with Crippen molar-refractivity contribution in [1.29, 1.82) is 0 Å². The molecule has 0 bridgehead atoms. The highest BCUT2D eigenvalue weighted by Gasteiger charge is 2.24. The molecular formula is C13H13N5O2. The minimum absolute atomic E-state index is 0.145. The molecule has 4 N–H and O–H groups in total. The van der Waals surface area contributed by atoms with Crippen LogP contribution in [0, 0.1) is 0 Å². The maximum absolute atomic E-state index is 11.5. The number of amides is 2. The molecule has 2 heterocycles. The van der Waals surface area contributed by atoms with Crippen LogP contribution in [-0.4, -0.2) is 35.1 Å². The third-order valence-corrected chi connectivity index (χ3v) is 3.08. The lowest BCUT2D eigenvalue weighted by atomic mass is 10.1. The fourth-order valence-electron chi connectivity index (χ4n) is 2.26. The fourth-order valence-corrected chi connectivity index (χ4v) is 2.26. The van der Waals surface area contributed by atoms with Crippen molar-refractivity contribution in [2.45, 2.75) is 0 Å². The van der Waals surface area contributed by atoms with E-state index in [0.717, 1.165) is 16.9 Å². The molecule has 0 radical (unpaired) electrons. The van der Waals surface area contributed by atoms with E-state index < -0.39 is 0 Å². The van der Waals surface area contributed by atoms with E-state index >= 15 is 0 Å². The van der Waals surface area contributed by atoms with Crippen LogP contribution < -0.4 is 16.0 Å². The lowest BCUT2D eigenvalue weighted by Gasteiger charge is -2.28. The number of anilines is 2. The van der Waals surface area contributed by atoms with Crippen LogP contribution in [0.2, 0.25) is 0 Å². The number of aromatic amines is 1. The number of rotatable bonds is 2. The number of nitrogens with one attached hydrogen (secondary N) is 2. The van der Waals surface area contributed by atoms with Crippen LogP contribution in [0.15, 0.2) is 30.3 Å². The Morgan fingerprint density at radius 1 is 1.15 bits per heavy atom. The van der Waals surface area contributed by atoms with Gasteiger partial charge in [-0.3, -0.25) is 20.0 Å². The second-order valence-electron chi connectivity index (χ2n) is 4.55. The zero-order valence-electron chi connectivity index (χ0n) is 10.6. The van der Waals surface area contributed by atoms with Gasteiger partial charge in [-0.15, -0.1) is 0 Å². The number of hydrogen-bond acceptors (Lipinski definition) is 5. The Hall–Kier alpha value is -2.83. The molecular weight excluding hydrogens is 258 g/mol. The summed E-state index contributed by atoms with van der Waals surface area (Å²) in [4.78, 5) is 24.7. The number of nitrogens with two attached hydrogens (primary N) is 1. The quantitative estimate of drug-likeness (QED) is 0.673. The van der Waals surface area contributed by atoms with E-state index in [9.17, 15) is 9.59 Å². The molecule has 0 saturated carbocycles. The number of nitrogen functional groups attached to an aromatic ring is 1. The van der Waals surface area contributed by atoms with Gasteiger partial charge in [0, 0.05) is 17.3 Å². The SMILES string of the molecule is Nc1cc(-c2ccccc2N2CC(=O)NC(=O)C2)[nH]n1. The highest BCUT2D eigenvalue weighted by Crippen LogP contribution is 2.30. The summed E-state index contributed by atoms with van der Waals surface area (Å²) in [5.41, 5.74) is 8.00. The number of aromatic nitrogens is 2. The van der Waals surface area contributed by atoms with Crippen LogP contribution in [0.3, 0.4) is 0 Å². The van der Waals surface area contributed by atoms with Crippen LogP contribution >= 0.6 is 0 Å². The van der Waals surface area contributed by atoms with Gasteiger partial charge in [-0.2, -0.15) is 5.10 Å². The summed E-state index contributed by atoms with van der Waals surface area (Å²) in [7, 11) is 0. The molecule has 1 aliphatic rings. The standard InChI is InChI=1S/C13H13N5O2/c14-11-5-9(16-17-11)8-3-1-2-4-10(8)18-6-12(19)15-13(20)7-18/h1-5H,6-7H2,(H3,14,16,17)(H,15,19,20). The third-order valence-electron chi connectivity index (χ3n) is 3.08. The van der Waals surface area contributed by atoms with Crippen molar-refractivity contribution in [2.24, 2.45) is 0 Å². The molecule has 1 saturated heterocycles. The largest absolute Gasteiger partial charge is 0.382 e. The summed E-state index contributed by atoms with van der Waals surface area (Å²) in [6.45, 7) is 0.290. The molecule has 2 aromatic rings. The van der Waals surface area contributed by atoms with Crippen LogP contribution in [0.25, 0.3) is 11.3 Å². The normalized spacial score (nSPS) is 15.3. The average Bonchev–Trinajstić information content (AvgIpc) is 2.84. The van der Waals surface area contributed by atoms with E-state index in [2.05, 4.69) is 15.5 Å². The molecule has 3 rings (SSSR count). The van der Waals surface area contributed by atoms with Gasteiger partial charge in [0.05, 0.1) is 18.8 Å². The molecule has 1 aromatic heterocycles. The van der Waals surface area contributed by atoms with E-state index in [4.69, 9.17) is 5.73 Å². The Balaban J connectivity index is 2.01. The minimum Gasteiger partial charge on any atom is -0.382 e. The van der Waals surface area contributed by atoms with E-state index in [0.29, 0.717) is 5.82 Å². The Bertz CT molecular complexity index is 663. The maximum atomic E-state index is 11.5. The van der Waals surface area contributed by atoms with Crippen LogP contribution in [0.4, 0.5) is 11.5 Å². The molecule has 2 amide bonds. The molecule has 0 spiro atoms. The van der Waals surface area contributed by atoms with Crippen LogP contribution in [0.5, 0.6) is 0 Å². The van der Waals surface area contributed by atoms with Gasteiger partial charge in [-0.05, 0) is 6.07 Å². The molecule has 1 aromatic carbocycles. The van der Waals surface area contributed by atoms with Gasteiger partial charge in [0.1, 0.15) is 5.82 Å². The molecule has 7 nitrogen and oxygen atoms in total. The molecule has 0 unspecified atom stereocenters. The number of imide groups is 1. The summed E-state index contributed by atoms with van der Waals surface area (Å²) in [5, 5.41) is 9.02. The predicted octanol–water partition coefficient (Wildman–Crippen LogP) is 0.122. The molecule has 1 aliphatic heterocycles. The predicted molar refractivity (Wildman–Crippen MR) is 73.8 cm³/mol. The fraction of sp³-hybridized carbons (Fsp3) is 0.154. The van der Waals surface area contributed by atoms with Gasteiger partial charge < -0.3 is 10.6 Å². The molecule has 7 heteroatoms. The monoisotopic (exact) mass is 271 g/mol. The topological polar surface area (TPSA) is 104 Å². The van der Waals surface area contributed by atoms with Crippen molar-refractivity contribution in [1.82, 2.24) is 15.5 Å². The zero-order valence-corrected chi connectivity index (χ0v) is 10.6. The van der Waals surface area contributed by atoms with Gasteiger partial charge in [0.2, 0.25) is 11.8 Å². The lowest BCUT2D eigenvalue weighted by molar-refractivity contribution is -0.130. The molecule has 1 fully saturated rings. The number of nitrogens with zero attached hydrogens (tertiary/aromatic N) is 2. The summed E-state index contributed by atoms with van der Waals surface area (Å²) in [5.74, 6) is -0.220. The van der Waals surface area contributed by atoms with E-state index in [1.807, 2.05) is 24.3 Å². The Kier molecular flexibility index (Phi) is 2.86. The first-order valence-electron chi connectivity index (χ1n) is 6.11. The number of piperazine rings is 1. The maximum Gasteiger partial charge on any atom is 0.246 e. The highest BCUT2D eigenvalue weighted by atomic mass is 16.2. The van der Waals surface area contributed by atoms with Gasteiger partial charge in [0.15, 0.2) is 0 Å². The number of H-pyrrole nitrogens is 1. The van der Waals surface area contributed by atoms with Crippen molar-refractivity contribution in [3.05, 3.63) is 30.3 Å². The van der Waals surface area contributed by atoms with Crippen molar-refractivity contribution in [2.75, 3.05) is 23.7 Å². The molecule has 20 heavy (non-hydrogen) atoms. The molecule has 102 valence electrons. The number of carbonyl (C=O) groups excluding carboxylic acids is 2. The van der Waals surface area contributed by atoms with Crippen LogP contribution in [0.1, 0.15) is 0 Å². The summed E-state index contributed by atoms with van der Waals surface area (Å²) < 4.78 is 0. The van der Waals surface area contributed by atoms with Crippen molar-refractivity contribution >= 4 is 23.3 Å².